The lowest BCUT2D eigenvalue weighted by Crippen LogP contribution is -2.02. The van der Waals surface area contributed by atoms with Gasteiger partial charge < -0.3 is 0 Å². The van der Waals surface area contributed by atoms with E-state index >= 15 is 0 Å². The summed E-state index contributed by atoms with van der Waals surface area (Å²) in [4.78, 5) is 0. The Labute approximate surface area is 90.0 Å². The maximum Gasteiger partial charge on any atom is 0.0340 e. The van der Waals surface area contributed by atoms with Crippen LogP contribution in [0.4, 0.5) is 0 Å². The number of hydrogen-bond acceptors (Lipinski definition) is 0. The van der Waals surface area contributed by atoms with E-state index in [0.29, 0.717) is 5.92 Å². The minimum absolute atomic E-state index is 0.352. The summed E-state index contributed by atoms with van der Waals surface area (Å²) in [6.45, 7) is 8.16. The Hall–Kier alpha value is -1.82. The van der Waals surface area contributed by atoms with Gasteiger partial charge in [-0.25, -0.2) is 0 Å². The van der Waals surface area contributed by atoms with E-state index in [9.17, 15) is 0 Å². The molecule has 0 aromatic carbocycles. The van der Waals surface area contributed by atoms with Crippen LogP contribution in [-0.4, -0.2) is 0 Å². The highest BCUT2D eigenvalue weighted by Crippen LogP contribution is 2.42. The van der Waals surface area contributed by atoms with Crippen LogP contribution in [0.1, 0.15) is 0 Å². The van der Waals surface area contributed by atoms with E-state index < -0.39 is 0 Å². The van der Waals surface area contributed by atoms with E-state index in [1.165, 1.54) is 22.3 Å². The zero-order valence-corrected chi connectivity index (χ0v) is 8.53. The Morgan fingerprint density at radius 1 is 0.933 bits per heavy atom. The van der Waals surface area contributed by atoms with E-state index in [0.717, 1.165) is 5.57 Å². The van der Waals surface area contributed by atoms with Crippen LogP contribution < -0.4 is 0 Å². The fourth-order valence-corrected chi connectivity index (χ4v) is 2.41. The fourth-order valence-electron chi connectivity index (χ4n) is 2.41. The summed E-state index contributed by atoms with van der Waals surface area (Å²) in [5.74, 6) is 0.352. The van der Waals surface area contributed by atoms with Gasteiger partial charge >= 0.3 is 0 Å². The molecule has 0 aromatic rings. The van der Waals surface area contributed by atoms with Gasteiger partial charge in [0, 0.05) is 5.92 Å². The molecule has 0 nitrogen and oxygen atoms in total. The standard InChI is InChI=1S/C15H12/c1-10-7-9-14-13(10)5-3-4-12-8-6-11(2)15(12)14/h3-9,15H,1-2H2. The van der Waals surface area contributed by atoms with Crippen molar-refractivity contribution in [2.45, 2.75) is 0 Å². The summed E-state index contributed by atoms with van der Waals surface area (Å²) < 4.78 is 0. The predicted octanol–water partition coefficient (Wildman–Crippen LogP) is 3.65. The first-order chi connectivity index (χ1) is 7.27. The van der Waals surface area contributed by atoms with Crippen molar-refractivity contribution in [2.75, 3.05) is 0 Å². The van der Waals surface area contributed by atoms with Gasteiger partial charge in [-0.15, -0.1) is 0 Å². The van der Waals surface area contributed by atoms with Crippen molar-refractivity contribution in [1.82, 2.24) is 0 Å². The average Bonchev–Trinajstić information content (AvgIpc) is 2.68. The van der Waals surface area contributed by atoms with Gasteiger partial charge in [-0.05, 0) is 27.9 Å². The lowest BCUT2D eigenvalue weighted by molar-refractivity contribution is 0.940. The largest absolute Gasteiger partial charge is 0.0949 e. The van der Waals surface area contributed by atoms with Gasteiger partial charge in [-0.2, -0.15) is 0 Å². The lowest BCUT2D eigenvalue weighted by atomic mass is 9.89. The van der Waals surface area contributed by atoms with Gasteiger partial charge in [0.25, 0.3) is 0 Å². The molecule has 3 aliphatic rings. The third-order valence-electron chi connectivity index (χ3n) is 3.18. The first kappa shape index (κ1) is 8.49. The normalized spacial score (nSPS) is 26.9. The van der Waals surface area contributed by atoms with Gasteiger partial charge in [0.05, 0.1) is 0 Å². The smallest absolute Gasteiger partial charge is 0.0340 e. The molecular formula is C15H12. The molecule has 0 heteroatoms. The lowest BCUT2D eigenvalue weighted by Gasteiger charge is -2.14. The molecule has 0 aromatic heterocycles. The molecule has 3 aliphatic carbocycles. The quantitative estimate of drug-likeness (QED) is 0.549. The monoisotopic (exact) mass is 192 g/mol. The van der Waals surface area contributed by atoms with Crippen LogP contribution in [0.3, 0.4) is 0 Å². The van der Waals surface area contributed by atoms with Crippen molar-refractivity contribution in [3.63, 3.8) is 0 Å². The number of allylic oxidation sites excluding steroid dienone is 12. The number of hydrogen-bond donors (Lipinski definition) is 0. The van der Waals surface area contributed by atoms with Gasteiger partial charge in [-0.3, -0.25) is 0 Å². The van der Waals surface area contributed by atoms with Crippen LogP contribution >= 0.6 is 0 Å². The van der Waals surface area contributed by atoms with Crippen molar-refractivity contribution in [2.24, 2.45) is 5.92 Å². The average molecular weight is 192 g/mol. The van der Waals surface area contributed by atoms with Gasteiger partial charge in [0.15, 0.2) is 0 Å². The third-order valence-corrected chi connectivity index (χ3v) is 3.18. The fraction of sp³-hybridized carbons (Fsp3) is 0.0667. The molecule has 0 saturated carbocycles. The number of fused-ring (bicyclic) bond motifs is 2. The van der Waals surface area contributed by atoms with Crippen LogP contribution in [-0.2, 0) is 0 Å². The molecule has 0 aliphatic heterocycles. The molecule has 0 fully saturated rings. The molecule has 1 atom stereocenters. The molecule has 72 valence electrons. The summed E-state index contributed by atoms with van der Waals surface area (Å²) in [6, 6.07) is 0. The minimum Gasteiger partial charge on any atom is -0.0949 e. The molecule has 1 unspecified atom stereocenters. The van der Waals surface area contributed by atoms with E-state index in [-0.39, 0.29) is 0 Å². The molecule has 0 amide bonds. The highest BCUT2D eigenvalue weighted by atomic mass is 14.3. The van der Waals surface area contributed by atoms with Crippen molar-refractivity contribution >= 4 is 0 Å². The second-order valence-electron chi connectivity index (χ2n) is 4.09. The molecular weight excluding hydrogens is 180 g/mol. The third kappa shape index (κ3) is 1.08. The second kappa shape index (κ2) is 2.83. The summed E-state index contributed by atoms with van der Waals surface area (Å²) in [5.41, 5.74) is 6.22. The van der Waals surface area contributed by atoms with Crippen molar-refractivity contribution in [1.29, 1.82) is 0 Å². The highest BCUT2D eigenvalue weighted by Gasteiger charge is 2.27. The molecule has 3 rings (SSSR count). The minimum atomic E-state index is 0.352. The molecule has 0 saturated heterocycles. The Morgan fingerprint density at radius 3 is 2.67 bits per heavy atom. The Kier molecular flexibility index (Phi) is 1.60. The van der Waals surface area contributed by atoms with Crippen LogP contribution in [0, 0.1) is 5.92 Å². The second-order valence-corrected chi connectivity index (χ2v) is 4.09. The zero-order valence-electron chi connectivity index (χ0n) is 8.53. The highest BCUT2D eigenvalue weighted by molar-refractivity contribution is 5.66. The van der Waals surface area contributed by atoms with E-state index in [2.05, 4.69) is 55.7 Å². The maximum atomic E-state index is 4.11. The van der Waals surface area contributed by atoms with Gasteiger partial charge in [-0.1, -0.05) is 55.7 Å². The van der Waals surface area contributed by atoms with Gasteiger partial charge in [0.2, 0.25) is 0 Å². The first-order valence-electron chi connectivity index (χ1n) is 5.14. The Morgan fingerprint density at radius 2 is 1.80 bits per heavy atom. The molecule has 0 N–H and O–H groups in total. The zero-order chi connectivity index (χ0) is 10.4. The van der Waals surface area contributed by atoms with Crippen molar-refractivity contribution in [3.8, 4) is 0 Å². The Bertz CT molecular complexity index is 516. The maximum absolute atomic E-state index is 4.11. The number of rotatable bonds is 0. The van der Waals surface area contributed by atoms with E-state index in [1.54, 1.807) is 0 Å². The Balaban J connectivity index is 2.21. The summed E-state index contributed by atoms with van der Waals surface area (Å²) in [5, 5.41) is 0. The predicted molar refractivity (Wildman–Crippen MR) is 64.3 cm³/mol. The van der Waals surface area contributed by atoms with Crippen molar-refractivity contribution < 1.29 is 0 Å². The summed E-state index contributed by atoms with van der Waals surface area (Å²) >= 11 is 0. The van der Waals surface area contributed by atoms with Crippen LogP contribution in [0.5, 0.6) is 0 Å². The SMILES string of the molecule is C=C1C=CC2=C1C=CC=C1C=CC(=C)C12. The summed E-state index contributed by atoms with van der Waals surface area (Å²) in [7, 11) is 0. The topological polar surface area (TPSA) is 0 Å². The molecule has 0 spiro atoms. The van der Waals surface area contributed by atoms with Crippen molar-refractivity contribution in [3.05, 3.63) is 83.6 Å². The molecule has 15 heavy (non-hydrogen) atoms. The van der Waals surface area contributed by atoms with Gasteiger partial charge in [0.1, 0.15) is 0 Å². The first-order valence-corrected chi connectivity index (χ1v) is 5.14. The van der Waals surface area contributed by atoms with Crippen LogP contribution in [0.15, 0.2) is 83.6 Å². The summed E-state index contributed by atoms with van der Waals surface area (Å²) in [6.07, 6.45) is 14.9. The van der Waals surface area contributed by atoms with Crippen LogP contribution in [0.2, 0.25) is 0 Å². The van der Waals surface area contributed by atoms with E-state index in [1.807, 2.05) is 0 Å². The van der Waals surface area contributed by atoms with Crippen LogP contribution in [0.25, 0.3) is 0 Å². The molecule has 0 heterocycles. The van der Waals surface area contributed by atoms with E-state index in [4.69, 9.17) is 0 Å². The molecule has 0 bridgehead atoms. The molecule has 0 radical (unpaired) electrons.